The van der Waals surface area contributed by atoms with Gasteiger partial charge in [0.2, 0.25) is 0 Å². The van der Waals surface area contributed by atoms with Crippen LogP contribution in [0.15, 0.2) is 12.4 Å². The molecule has 0 amide bonds. The molecule has 1 saturated heterocycles. The number of anilines is 1. The van der Waals surface area contributed by atoms with Gasteiger partial charge in [-0.1, -0.05) is 6.92 Å². The summed E-state index contributed by atoms with van der Waals surface area (Å²) in [5.41, 5.74) is 0.985. The maximum atomic E-state index is 5.30. The topological polar surface area (TPSA) is 50.3 Å². The normalized spacial score (nSPS) is 16.4. The van der Waals surface area contributed by atoms with E-state index in [1.807, 2.05) is 12.4 Å². The number of hydrogen-bond donors (Lipinski definition) is 1. The highest BCUT2D eigenvalue weighted by atomic mass is 16.5. The lowest BCUT2D eigenvalue weighted by molar-refractivity contribution is 0.122. The molecule has 2 heterocycles. The van der Waals surface area contributed by atoms with E-state index >= 15 is 0 Å². The summed E-state index contributed by atoms with van der Waals surface area (Å²) in [4.78, 5) is 11.0. The first-order valence-corrected chi connectivity index (χ1v) is 5.74. The van der Waals surface area contributed by atoms with Crippen LogP contribution in [0.1, 0.15) is 12.6 Å². The van der Waals surface area contributed by atoms with Gasteiger partial charge in [0.15, 0.2) is 0 Å². The monoisotopic (exact) mass is 222 g/mol. The van der Waals surface area contributed by atoms with Crippen molar-refractivity contribution in [3.8, 4) is 0 Å². The van der Waals surface area contributed by atoms with Crippen molar-refractivity contribution in [1.82, 2.24) is 15.3 Å². The number of nitrogens with zero attached hydrogens (tertiary/aromatic N) is 3. The molecule has 0 unspecified atom stereocenters. The highest BCUT2D eigenvalue weighted by Gasteiger charge is 2.12. The zero-order valence-electron chi connectivity index (χ0n) is 9.65. The van der Waals surface area contributed by atoms with Gasteiger partial charge in [-0.25, -0.2) is 4.98 Å². The van der Waals surface area contributed by atoms with Crippen LogP contribution in [0.25, 0.3) is 0 Å². The number of ether oxygens (including phenoxy) is 1. The molecule has 1 aliphatic heterocycles. The Morgan fingerprint density at radius 1 is 1.31 bits per heavy atom. The summed E-state index contributed by atoms with van der Waals surface area (Å²) in [6.45, 7) is 7.18. The van der Waals surface area contributed by atoms with Gasteiger partial charge in [-0.05, 0) is 6.54 Å². The quantitative estimate of drug-likeness (QED) is 0.800. The van der Waals surface area contributed by atoms with Crippen LogP contribution in [0.5, 0.6) is 0 Å². The van der Waals surface area contributed by atoms with E-state index < -0.39 is 0 Å². The second-order valence-electron chi connectivity index (χ2n) is 3.75. The largest absolute Gasteiger partial charge is 0.378 e. The first-order valence-electron chi connectivity index (χ1n) is 5.74. The van der Waals surface area contributed by atoms with Crippen LogP contribution in [-0.4, -0.2) is 42.8 Å². The molecule has 5 nitrogen and oxygen atoms in total. The van der Waals surface area contributed by atoms with Gasteiger partial charge in [0.1, 0.15) is 5.82 Å². The van der Waals surface area contributed by atoms with Crippen molar-refractivity contribution in [3.63, 3.8) is 0 Å². The van der Waals surface area contributed by atoms with Gasteiger partial charge in [-0.15, -0.1) is 0 Å². The van der Waals surface area contributed by atoms with Gasteiger partial charge < -0.3 is 15.0 Å². The van der Waals surface area contributed by atoms with Crippen molar-refractivity contribution in [1.29, 1.82) is 0 Å². The van der Waals surface area contributed by atoms with E-state index in [-0.39, 0.29) is 0 Å². The van der Waals surface area contributed by atoms with Gasteiger partial charge in [-0.3, -0.25) is 4.98 Å². The second-order valence-corrected chi connectivity index (χ2v) is 3.75. The van der Waals surface area contributed by atoms with Crippen LogP contribution in [-0.2, 0) is 11.3 Å². The third-order valence-corrected chi connectivity index (χ3v) is 2.58. The van der Waals surface area contributed by atoms with Crippen LogP contribution >= 0.6 is 0 Å². The molecule has 0 saturated carbocycles. The van der Waals surface area contributed by atoms with Crippen molar-refractivity contribution in [2.24, 2.45) is 0 Å². The maximum absolute atomic E-state index is 5.30. The first-order chi connectivity index (χ1) is 7.90. The van der Waals surface area contributed by atoms with Gasteiger partial charge in [0.25, 0.3) is 0 Å². The van der Waals surface area contributed by atoms with Crippen LogP contribution in [0.2, 0.25) is 0 Å². The number of rotatable bonds is 4. The average Bonchev–Trinajstić information content (AvgIpc) is 2.38. The van der Waals surface area contributed by atoms with Crippen molar-refractivity contribution in [2.75, 3.05) is 37.7 Å². The smallest absolute Gasteiger partial charge is 0.147 e. The highest BCUT2D eigenvalue weighted by Crippen LogP contribution is 2.10. The molecule has 16 heavy (non-hydrogen) atoms. The zero-order valence-corrected chi connectivity index (χ0v) is 9.65. The summed E-state index contributed by atoms with van der Waals surface area (Å²) in [5.74, 6) is 0.948. The fraction of sp³-hybridized carbons (Fsp3) is 0.636. The summed E-state index contributed by atoms with van der Waals surface area (Å²) in [5, 5.41) is 3.23. The molecule has 1 aromatic rings. The number of morpholine rings is 1. The number of hydrogen-bond acceptors (Lipinski definition) is 5. The van der Waals surface area contributed by atoms with Gasteiger partial charge in [0, 0.05) is 19.6 Å². The molecule has 88 valence electrons. The van der Waals surface area contributed by atoms with Gasteiger partial charge >= 0.3 is 0 Å². The van der Waals surface area contributed by atoms with E-state index in [0.29, 0.717) is 0 Å². The lowest BCUT2D eigenvalue weighted by atomic mass is 10.4. The van der Waals surface area contributed by atoms with E-state index in [1.165, 1.54) is 0 Å². The minimum absolute atomic E-state index is 0.779. The Kier molecular flexibility index (Phi) is 4.07. The fourth-order valence-electron chi connectivity index (χ4n) is 1.65. The molecular formula is C11H18N4O. The van der Waals surface area contributed by atoms with Crippen molar-refractivity contribution < 1.29 is 4.74 Å². The molecule has 0 bridgehead atoms. The second kappa shape index (κ2) is 5.77. The molecule has 0 radical (unpaired) electrons. The SMILES string of the molecule is CCNCc1cnc(N2CCOCC2)cn1. The summed E-state index contributed by atoms with van der Waals surface area (Å²) >= 11 is 0. The van der Waals surface area contributed by atoms with Crippen molar-refractivity contribution >= 4 is 5.82 Å². The Balaban J connectivity index is 1.95. The minimum Gasteiger partial charge on any atom is -0.378 e. The molecule has 1 fully saturated rings. The summed E-state index contributed by atoms with van der Waals surface area (Å²) in [6, 6.07) is 0. The van der Waals surface area contributed by atoms with Crippen molar-refractivity contribution in [3.05, 3.63) is 18.1 Å². The molecule has 0 spiro atoms. The third-order valence-electron chi connectivity index (χ3n) is 2.58. The standard InChI is InChI=1S/C11H18N4O/c1-2-12-7-10-8-14-11(9-13-10)15-3-5-16-6-4-15/h8-9,12H,2-7H2,1H3. The third kappa shape index (κ3) is 2.90. The zero-order chi connectivity index (χ0) is 11.2. The number of aromatic nitrogens is 2. The van der Waals surface area contributed by atoms with Crippen LogP contribution in [0.3, 0.4) is 0 Å². The van der Waals surface area contributed by atoms with Crippen LogP contribution < -0.4 is 10.2 Å². The fourth-order valence-corrected chi connectivity index (χ4v) is 1.65. The van der Waals surface area contributed by atoms with E-state index in [0.717, 1.165) is 50.9 Å². The summed E-state index contributed by atoms with van der Waals surface area (Å²) in [7, 11) is 0. The molecule has 2 rings (SSSR count). The molecule has 1 N–H and O–H groups in total. The Hall–Kier alpha value is -1.20. The van der Waals surface area contributed by atoms with Gasteiger partial charge in [-0.2, -0.15) is 0 Å². The molecule has 0 aromatic carbocycles. The molecule has 0 aliphatic carbocycles. The van der Waals surface area contributed by atoms with Crippen molar-refractivity contribution in [2.45, 2.75) is 13.5 Å². The van der Waals surface area contributed by atoms with E-state index in [9.17, 15) is 0 Å². The van der Waals surface area contributed by atoms with E-state index in [2.05, 4.69) is 27.1 Å². The molecular weight excluding hydrogens is 204 g/mol. The van der Waals surface area contributed by atoms with Crippen LogP contribution in [0, 0.1) is 0 Å². The molecule has 1 aliphatic rings. The lowest BCUT2D eigenvalue weighted by Crippen LogP contribution is -2.36. The minimum atomic E-state index is 0.779. The molecule has 0 atom stereocenters. The van der Waals surface area contributed by atoms with Gasteiger partial charge in [0.05, 0.1) is 31.3 Å². The summed E-state index contributed by atoms with van der Waals surface area (Å²) < 4.78 is 5.30. The Labute approximate surface area is 95.8 Å². The lowest BCUT2D eigenvalue weighted by Gasteiger charge is -2.27. The highest BCUT2D eigenvalue weighted by molar-refractivity contribution is 5.36. The first kappa shape index (κ1) is 11.3. The molecule has 5 heteroatoms. The average molecular weight is 222 g/mol. The predicted octanol–water partition coefficient (Wildman–Crippen LogP) is 0.423. The number of nitrogens with one attached hydrogen (secondary N) is 1. The molecule has 1 aromatic heterocycles. The maximum Gasteiger partial charge on any atom is 0.147 e. The van der Waals surface area contributed by atoms with Crippen LogP contribution in [0.4, 0.5) is 5.82 Å². The Bertz CT molecular complexity index is 308. The Morgan fingerprint density at radius 3 is 2.75 bits per heavy atom. The summed E-state index contributed by atoms with van der Waals surface area (Å²) in [6.07, 6.45) is 3.69. The van der Waals surface area contributed by atoms with E-state index in [1.54, 1.807) is 0 Å². The Morgan fingerprint density at radius 2 is 2.12 bits per heavy atom. The predicted molar refractivity (Wildman–Crippen MR) is 62.4 cm³/mol. The van der Waals surface area contributed by atoms with E-state index in [4.69, 9.17) is 4.74 Å².